The van der Waals surface area contributed by atoms with E-state index in [-0.39, 0.29) is 12.5 Å². The zero-order valence-corrected chi connectivity index (χ0v) is 12.6. The molecular formula is C16H17N3O4. The number of aromatic nitrogens is 2. The van der Waals surface area contributed by atoms with E-state index in [1.165, 1.54) is 0 Å². The number of carbonyl (C=O) groups is 1. The van der Waals surface area contributed by atoms with Gasteiger partial charge in [-0.05, 0) is 18.2 Å². The van der Waals surface area contributed by atoms with E-state index < -0.39 is 0 Å². The zero-order chi connectivity index (χ0) is 15.8. The van der Waals surface area contributed by atoms with Crippen molar-refractivity contribution in [2.24, 2.45) is 0 Å². The van der Waals surface area contributed by atoms with Gasteiger partial charge in [0.25, 0.3) is 5.91 Å². The number of fused-ring (bicyclic) bond motifs is 2. The molecule has 1 aromatic carbocycles. The SMILES string of the molecule is O=C(c1ccc2c(c1)OCCO2)N1Cc2cnn(CCO)c2C1. The van der Waals surface area contributed by atoms with Gasteiger partial charge in [0, 0.05) is 17.7 Å². The molecule has 1 N–H and O–H groups in total. The van der Waals surface area contributed by atoms with Gasteiger partial charge in [-0.2, -0.15) is 5.10 Å². The Morgan fingerprint density at radius 1 is 1.22 bits per heavy atom. The standard InChI is InChI=1S/C16H17N3O4/c20-4-3-19-13-10-18(9-12(13)8-17-19)16(21)11-1-2-14-15(7-11)23-6-5-22-14/h1-2,7-8,20H,3-6,9-10H2. The molecular weight excluding hydrogens is 298 g/mol. The molecule has 1 aromatic heterocycles. The quantitative estimate of drug-likeness (QED) is 0.907. The number of hydrogen-bond donors (Lipinski definition) is 1. The largest absolute Gasteiger partial charge is 0.486 e. The van der Waals surface area contributed by atoms with Gasteiger partial charge in [0.15, 0.2) is 11.5 Å². The molecule has 0 bridgehead atoms. The van der Waals surface area contributed by atoms with Gasteiger partial charge in [-0.15, -0.1) is 0 Å². The van der Waals surface area contributed by atoms with Crippen molar-refractivity contribution in [3.05, 3.63) is 41.2 Å². The van der Waals surface area contributed by atoms with E-state index in [0.29, 0.717) is 49.9 Å². The van der Waals surface area contributed by atoms with Crippen molar-refractivity contribution in [1.29, 1.82) is 0 Å². The number of amides is 1. The highest BCUT2D eigenvalue weighted by atomic mass is 16.6. The van der Waals surface area contributed by atoms with Crippen molar-refractivity contribution in [3.8, 4) is 11.5 Å². The summed E-state index contributed by atoms with van der Waals surface area (Å²) in [5.74, 6) is 1.25. The topological polar surface area (TPSA) is 76.8 Å². The summed E-state index contributed by atoms with van der Waals surface area (Å²) in [5.41, 5.74) is 2.61. The van der Waals surface area contributed by atoms with Crippen LogP contribution in [0.4, 0.5) is 0 Å². The van der Waals surface area contributed by atoms with E-state index in [1.54, 1.807) is 34.0 Å². The van der Waals surface area contributed by atoms with Crippen molar-refractivity contribution in [2.45, 2.75) is 19.6 Å². The van der Waals surface area contributed by atoms with E-state index in [1.807, 2.05) is 0 Å². The average molecular weight is 315 g/mol. The fraction of sp³-hybridized carbons (Fsp3) is 0.375. The van der Waals surface area contributed by atoms with Gasteiger partial charge in [-0.25, -0.2) is 0 Å². The van der Waals surface area contributed by atoms with E-state index in [2.05, 4.69) is 5.10 Å². The number of aliphatic hydroxyl groups excluding tert-OH is 1. The molecule has 7 nitrogen and oxygen atoms in total. The van der Waals surface area contributed by atoms with Gasteiger partial charge in [-0.1, -0.05) is 0 Å². The lowest BCUT2D eigenvalue weighted by Gasteiger charge is -2.20. The monoisotopic (exact) mass is 315 g/mol. The molecule has 0 saturated heterocycles. The lowest BCUT2D eigenvalue weighted by Crippen LogP contribution is -2.26. The Kier molecular flexibility index (Phi) is 3.42. The first-order valence-corrected chi connectivity index (χ1v) is 7.59. The summed E-state index contributed by atoms with van der Waals surface area (Å²) in [5, 5.41) is 13.3. The van der Waals surface area contributed by atoms with E-state index in [4.69, 9.17) is 14.6 Å². The van der Waals surface area contributed by atoms with Crippen LogP contribution in [0.1, 0.15) is 21.6 Å². The number of aliphatic hydroxyl groups is 1. The number of benzene rings is 1. The average Bonchev–Trinajstić information content (AvgIpc) is 3.16. The van der Waals surface area contributed by atoms with Crippen LogP contribution in [0.5, 0.6) is 11.5 Å². The lowest BCUT2D eigenvalue weighted by atomic mass is 10.1. The predicted molar refractivity (Wildman–Crippen MR) is 80.3 cm³/mol. The molecule has 0 atom stereocenters. The molecule has 0 fully saturated rings. The molecule has 2 aromatic rings. The fourth-order valence-corrected chi connectivity index (χ4v) is 3.00. The molecule has 2 aliphatic heterocycles. The third kappa shape index (κ3) is 2.43. The molecule has 23 heavy (non-hydrogen) atoms. The van der Waals surface area contributed by atoms with E-state index >= 15 is 0 Å². The Hall–Kier alpha value is -2.54. The molecule has 0 unspecified atom stereocenters. The first-order valence-electron chi connectivity index (χ1n) is 7.59. The maximum absolute atomic E-state index is 12.7. The summed E-state index contributed by atoms with van der Waals surface area (Å²) in [6, 6.07) is 5.27. The molecule has 7 heteroatoms. The summed E-state index contributed by atoms with van der Waals surface area (Å²) >= 11 is 0. The molecule has 2 aliphatic rings. The van der Waals surface area contributed by atoms with Crippen molar-refractivity contribution in [1.82, 2.24) is 14.7 Å². The minimum absolute atomic E-state index is 0.0320. The Morgan fingerprint density at radius 2 is 2.04 bits per heavy atom. The summed E-state index contributed by atoms with van der Waals surface area (Å²) in [6.45, 7) is 2.54. The lowest BCUT2D eigenvalue weighted by molar-refractivity contribution is 0.0746. The second-order valence-corrected chi connectivity index (χ2v) is 5.58. The molecule has 0 spiro atoms. The highest BCUT2D eigenvalue weighted by Gasteiger charge is 2.28. The van der Waals surface area contributed by atoms with E-state index in [0.717, 1.165) is 11.3 Å². The third-order valence-corrected chi connectivity index (χ3v) is 4.13. The Labute approximate surface area is 133 Å². The van der Waals surface area contributed by atoms with Gasteiger partial charge >= 0.3 is 0 Å². The number of carbonyl (C=O) groups excluding carboxylic acids is 1. The minimum Gasteiger partial charge on any atom is -0.486 e. The highest BCUT2D eigenvalue weighted by Crippen LogP contribution is 2.32. The van der Waals surface area contributed by atoms with Crippen molar-refractivity contribution >= 4 is 5.91 Å². The molecule has 0 saturated carbocycles. The first-order chi connectivity index (χ1) is 11.3. The molecule has 4 rings (SSSR count). The van der Waals surface area contributed by atoms with Gasteiger partial charge in [0.2, 0.25) is 0 Å². The summed E-state index contributed by atoms with van der Waals surface area (Å²) < 4.78 is 12.8. The maximum atomic E-state index is 12.7. The van der Waals surface area contributed by atoms with Gasteiger partial charge in [0.1, 0.15) is 13.2 Å². The second-order valence-electron chi connectivity index (χ2n) is 5.58. The molecule has 0 aliphatic carbocycles. The van der Waals surface area contributed by atoms with Crippen molar-refractivity contribution in [2.75, 3.05) is 19.8 Å². The molecule has 1 amide bonds. The van der Waals surface area contributed by atoms with Crippen molar-refractivity contribution in [3.63, 3.8) is 0 Å². The fourth-order valence-electron chi connectivity index (χ4n) is 3.00. The summed E-state index contributed by atoms with van der Waals surface area (Å²) in [6.07, 6.45) is 1.77. The first kappa shape index (κ1) is 14.1. The Morgan fingerprint density at radius 3 is 2.87 bits per heavy atom. The van der Waals surface area contributed by atoms with Crippen LogP contribution < -0.4 is 9.47 Å². The van der Waals surface area contributed by atoms with Crippen LogP contribution in [-0.2, 0) is 19.6 Å². The molecule has 0 radical (unpaired) electrons. The van der Waals surface area contributed by atoms with Crippen LogP contribution in [0.3, 0.4) is 0 Å². The Bertz CT molecular complexity index is 756. The molecule has 3 heterocycles. The second kappa shape index (κ2) is 5.58. The summed E-state index contributed by atoms with van der Waals surface area (Å²) in [7, 11) is 0. The van der Waals surface area contributed by atoms with Crippen LogP contribution >= 0.6 is 0 Å². The van der Waals surface area contributed by atoms with Gasteiger partial charge in [-0.3, -0.25) is 9.48 Å². The van der Waals surface area contributed by atoms with Crippen LogP contribution in [0, 0.1) is 0 Å². The Balaban J connectivity index is 1.54. The maximum Gasteiger partial charge on any atom is 0.254 e. The predicted octanol–water partition coefficient (Wildman–Crippen LogP) is 0.803. The zero-order valence-electron chi connectivity index (χ0n) is 12.6. The third-order valence-electron chi connectivity index (χ3n) is 4.13. The summed E-state index contributed by atoms with van der Waals surface area (Å²) in [4.78, 5) is 14.5. The normalized spacial score (nSPS) is 15.6. The number of rotatable bonds is 3. The van der Waals surface area contributed by atoms with Crippen molar-refractivity contribution < 1.29 is 19.4 Å². The number of ether oxygens (including phenoxy) is 2. The van der Waals surface area contributed by atoms with E-state index in [9.17, 15) is 4.79 Å². The van der Waals surface area contributed by atoms with Crippen LogP contribution in [0.25, 0.3) is 0 Å². The molecule has 120 valence electrons. The van der Waals surface area contributed by atoms with Crippen LogP contribution in [0.15, 0.2) is 24.4 Å². The van der Waals surface area contributed by atoms with Crippen LogP contribution in [-0.4, -0.2) is 45.5 Å². The number of hydrogen-bond acceptors (Lipinski definition) is 5. The minimum atomic E-state index is -0.0475. The van der Waals surface area contributed by atoms with Gasteiger partial charge < -0.3 is 19.5 Å². The number of nitrogens with zero attached hydrogens (tertiary/aromatic N) is 3. The van der Waals surface area contributed by atoms with Gasteiger partial charge in [0.05, 0.1) is 31.6 Å². The smallest absolute Gasteiger partial charge is 0.254 e. The van der Waals surface area contributed by atoms with Crippen LogP contribution in [0.2, 0.25) is 0 Å². The highest BCUT2D eigenvalue weighted by molar-refractivity contribution is 5.95.